The van der Waals surface area contributed by atoms with Crippen LogP contribution >= 0.6 is 11.6 Å². The quantitative estimate of drug-likeness (QED) is 0.769. The molecule has 2 rings (SSSR count). The van der Waals surface area contributed by atoms with Gasteiger partial charge in [-0.3, -0.25) is 4.79 Å². The second-order valence-corrected chi connectivity index (χ2v) is 5.21. The molecule has 1 N–H and O–H groups in total. The highest BCUT2D eigenvalue weighted by atomic mass is 35.5. The van der Waals surface area contributed by atoms with E-state index in [-0.39, 0.29) is 5.91 Å². The average molecular weight is 332 g/mol. The molecule has 0 fully saturated rings. The van der Waals surface area contributed by atoms with Gasteiger partial charge in [-0.05, 0) is 31.2 Å². The number of carbonyl (C=O) groups excluding carboxylic acids is 1. The predicted molar refractivity (Wildman–Crippen MR) is 92.3 cm³/mol. The highest BCUT2D eigenvalue weighted by molar-refractivity contribution is 6.32. The van der Waals surface area contributed by atoms with Crippen LogP contribution in [0.2, 0.25) is 5.02 Å². The Morgan fingerprint density at radius 2 is 2.09 bits per heavy atom. The van der Waals surface area contributed by atoms with E-state index in [9.17, 15) is 4.79 Å². The molecular formula is C18H18ClNO3. The molecule has 2 aromatic carbocycles. The zero-order valence-electron chi connectivity index (χ0n) is 12.8. The van der Waals surface area contributed by atoms with E-state index in [0.29, 0.717) is 28.8 Å². The van der Waals surface area contributed by atoms with Crippen LogP contribution in [0.15, 0.2) is 61.2 Å². The fourth-order valence-electron chi connectivity index (χ4n) is 1.85. The summed E-state index contributed by atoms with van der Waals surface area (Å²) in [5.74, 6) is 0.855. The van der Waals surface area contributed by atoms with Crippen molar-refractivity contribution in [1.29, 1.82) is 0 Å². The molecule has 0 saturated carbocycles. The Morgan fingerprint density at radius 3 is 2.83 bits per heavy atom. The number of ether oxygens (including phenoxy) is 2. The summed E-state index contributed by atoms with van der Waals surface area (Å²) in [6, 6.07) is 14.2. The minimum Gasteiger partial charge on any atom is -0.489 e. The predicted octanol–water partition coefficient (Wildman–Crippen LogP) is 4.31. The van der Waals surface area contributed by atoms with Crippen molar-refractivity contribution in [3.63, 3.8) is 0 Å². The molecule has 23 heavy (non-hydrogen) atoms. The number of halogens is 1. The Morgan fingerprint density at radius 1 is 1.30 bits per heavy atom. The molecule has 0 heterocycles. The lowest BCUT2D eigenvalue weighted by molar-refractivity contribution is -0.122. The molecule has 1 amide bonds. The van der Waals surface area contributed by atoms with Crippen LogP contribution in [-0.4, -0.2) is 18.6 Å². The minimum atomic E-state index is -0.687. The number of amides is 1. The highest BCUT2D eigenvalue weighted by Gasteiger charge is 2.16. The lowest BCUT2D eigenvalue weighted by atomic mass is 10.2. The third-order valence-corrected chi connectivity index (χ3v) is 3.29. The van der Waals surface area contributed by atoms with E-state index in [0.717, 1.165) is 0 Å². The van der Waals surface area contributed by atoms with E-state index in [4.69, 9.17) is 21.1 Å². The van der Waals surface area contributed by atoms with Crippen molar-refractivity contribution in [1.82, 2.24) is 0 Å². The van der Waals surface area contributed by atoms with Crippen molar-refractivity contribution in [2.75, 3.05) is 11.9 Å². The smallest absolute Gasteiger partial charge is 0.265 e. The van der Waals surface area contributed by atoms with Crippen LogP contribution in [0.3, 0.4) is 0 Å². The summed E-state index contributed by atoms with van der Waals surface area (Å²) >= 11 is 6.02. The summed E-state index contributed by atoms with van der Waals surface area (Å²) in [5.41, 5.74) is 0.631. The van der Waals surface area contributed by atoms with E-state index in [2.05, 4.69) is 11.9 Å². The first-order valence-electron chi connectivity index (χ1n) is 7.16. The molecule has 1 atom stereocenters. The number of nitrogens with one attached hydrogen (secondary N) is 1. The molecule has 4 nitrogen and oxygen atoms in total. The van der Waals surface area contributed by atoms with Crippen LogP contribution in [-0.2, 0) is 4.79 Å². The minimum absolute atomic E-state index is 0.272. The second kappa shape index (κ2) is 8.25. The molecule has 0 aromatic heterocycles. The van der Waals surface area contributed by atoms with Crippen LogP contribution in [0.4, 0.5) is 5.69 Å². The van der Waals surface area contributed by atoms with Gasteiger partial charge >= 0.3 is 0 Å². The molecule has 120 valence electrons. The Bertz CT molecular complexity index is 687. The van der Waals surface area contributed by atoms with Gasteiger partial charge in [-0.25, -0.2) is 0 Å². The summed E-state index contributed by atoms with van der Waals surface area (Å²) in [6.45, 7) is 5.66. The fourth-order valence-corrected chi connectivity index (χ4v) is 2.03. The summed E-state index contributed by atoms with van der Waals surface area (Å²) < 4.78 is 11.0. The summed E-state index contributed by atoms with van der Waals surface area (Å²) in [7, 11) is 0. The van der Waals surface area contributed by atoms with Gasteiger partial charge in [0.2, 0.25) is 0 Å². The standard InChI is InChI=1S/C18H18ClNO3/c1-3-11-22-15-8-6-7-14(12-15)20-18(21)13(2)23-17-10-5-4-9-16(17)19/h3-10,12-13H,1,11H2,2H3,(H,20,21)/t13-/m0/s1. The first-order chi connectivity index (χ1) is 11.1. The zero-order chi connectivity index (χ0) is 16.7. The van der Waals surface area contributed by atoms with Gasteiger partial charge in [0.15, 0.2) is 6.10 Å². The molecule has 0 aliphatic carbocycles. The molecule has 5 heteroatoms. The number of benzene rings is 2. The van der Waals surface area contributed by atoms with Crippen molar-refractivity contribution in [2.24, 2.45) is 0 Å². The summed E-state index contributed by atoms with van der Waals surface area (Å²) in [6.07, 6.45) is 0.970. The monoisotopic (exact) mass is 331 g/mol. The Labute approximate surface area is 140 Å². The SMILES string of the molecule is C=CCOc1cccc(NC(=O)[C@H](C)Oc2ccccc2Cl)c1. The van der Waals surface area contributed by atoms with Crippen LogP contribution in [0.25, 0.3) is 0 Å². The summed E-state index contributed by atoms with van der Waals surface area (Å²) in [5, 5.41) is 3.25. The largest absolute Gasteiger partial charge is 0.489 e. The maximum absolute atomic E-state index is 12.2. The van der Waals surface area contributed by atoms with Gasteiger partial charge in [-0.1, -0.05) is 42.5 Å². The Hall–Kier alpha value is -2.46. The molecule has 0 radical (unpaired) electrons. The average Bonchev–Trinajstić information content (AvgIpc) is 2.55. The van der Waals surface area contributed by atoms with Gasteiger partial charge < -0.3 is 14.8 Å². The molecule has 0 bridgehead atoms. The van der Waals surface area contributed by atoms with Crippen LogP contribution in [0, 0.1) is 0 Å². The lowest BCUT2D eigenvalue weighted by Gasteiger charge is -2.16. The topological polar surface area (TPSA) is 47.6 Å². The number of hydrogen-bond donors (Lipinski definition) is 1. The molecule has 0 aliphatic rings. The van der Waals surface area contributed by atoms with Gasteiger partial charge in [0.1, 0.15) is 18.1 Å². The van der Waals surface area contributed by atoms with Crippen LogP contribution < -0.4 is 14.8 Å². The van der Waals surface area contributed by atoms with Crippen molar-refractivity contribution in [3.8, 4) is 11.5 Å². The van der Waals surface area contributed by atoms with Crippen molar-refractivity contribution in [3.05, 3.63) is 66.2 Å². The molecule has 2 aromatic rings. The third-order valence-electron chi connectivity index (χ3n) is 2.98. The normalized spacial score (nSPS) is 11.4. The molecular weight excluding hydrogens is 314 g/mol. The number of rotatable bonds is 7. The van der Waals surface area contributed by atoms with Gasteiger partial charge in [-0.2, -0.15) is 0 Å². The van der Waals surface area contributed by atoms with Gasteiger partial charge in [0.25, 0.3) is 5.91 Å². The molecule has 0 aliphatic heterocycles. The Kier molecular flexibility index (Phi) is 6.06. The molecule has 0 unspecified atom stereocenters. The van der Waals surface area contributed by atoms with Crippen LogP contribution in [0.1, 0.15) is 6.92 Å². The van der Waals surface area contributed by atoms with Gasteiger partial charge in [-0.15, -0.1) is 0 Å². The van der Waals surface area contributed by atoms with E-state index in [1.54, 1.807) is 55.5 Å². The van der Waals surface area contributed by atoms with Crippen molar-refractivity contribution >= 4 is 23.2 Å². The third kappa shape index (κ3) is 5.04. The van der Waals surface area contributed by atoms with E-state index in [1.807, 2.05) is 6.07 Å². The lowest BCUT2D eigenvalue weighted by Crippen LogP contribution is -2.30. The number of para-hydroxylation sites is 1. The van der Waals surface area contributed by atoms with E-state index >= 15 is 0 Å². The second-order valence-electron chi connectivity index (χ2n) is 4.81. The van der Waals surface area contributed by atoms with Crippen LogP contribution in [0.5, 0.6) is 11.5 Å². The molecule has 0 spiro atoms. The van der Waals surface area contributed by atoms with E-state index in [1.165, 1.54) is 0 Å². The molecule has 0 saturated heterocycles. The number of hydrogen-bond acceptors (Lipinski definition) is 3. The highest BCUT2D eigenvalue weighted by Crippen LogP contribution is 2.24. The maximum atomic E-state index is 12.2. The van der Waals surface area contributed by atoms with Crippen molar-refractivity contribution < 1.29 is 14.3 Å². The van der Waals surface area contributed by atoms with Crippen molar-refractivity contribution in [2.45, 2.75) is 13.0 Å². The Balaban J connectivity index is 1.98. The first-order valence-corrected chi connectivity index (χ1v) is 7.53. The first kappa shape index (κ1) is 16.9. The fraction of sp³-hybridized carbons (Fsp3) is 0.167. The summed E-state index contributed by atoms with van der Waals surface area (Å²) in [4.78, 5) is 12.2. The number of anilines is 1. The van der Waals surface area contributed by atoms with Gasteiger partial charge in [0, 0.05) is 11.8 Å². The maximum Gasteiger partial charge on any atom is 0.265 e. The van der Waals surface area contributed by atoms with Gasteiger partial charge in [0.05, 0.1) is 5.02 Å². The number of carbonyl (C=O) groups is 1. The zero-order valence-corrected chi connectivity index (χ0v) is 13.5. The van der Waals surface area contributed by atoms with E-state index < -0.39 is 6.10 Å².